The van der Waals surface area contributed by atoms with Crippen molar-refractivity contribution in [1.29, 1.82) is 0 Å². The molecule has 7 rings (SSSR count). The van der Waals surface area contributed by atoms with Crippen LogP contribution in [0.3, 0.4) is 0 Å². The van der Waals surface area contributed by atoms with Gasteiger partial charge in [-0.15, -0.1) is 0 Å². The van der Waals surface area contributed by atoms with Gasteiger partial charge in [-0.05, 0) is 61.2 Å². The Bertz CT molecular complexity index is 1570. The second-order valence-electron chi connectivity index (χ2n) is 9.28. The summed E-state index contributed by atoms with van der Waals surface area (Å²) in [6, 6.07) is 11.7. The number of anilines is 3. The van der Waals surface area contributed by atoms with Gasteiger partial charge in [-0.3, -0.25) is 9.69 Å². The molecular formula is C25H24N8O3. The van der Waals surface area contributed by atoms with E-state index in [0.717, 1.165) is 38.0 Å². The monoisotopic (exact) mass is 484 g/mol. The topological polar surface area (TPSA) is 119 Å². The van der Waals surface area contributed by atoms with Crippen molar-refractivity contribution in [3.63, 3.8) is 0 Å². The average Bonchev–Trinajstić information content (AvgIpc) is 3.58. The van der Waals surface area contributed by atoms with Gasteiger partial charge >= 0.3 is 6.09 Å². The number of fused-ring (bicyclic) bond motifs is 2. The zero-order valence-electron chi connectivity index (χ0n) is 19.5. The van der Waals surface area contributed by atoms with Gasteiger partial charge in [0.15, 0.2) is 11.5 Å². The molecule has 0 atom stereocenters. The summed E-state index contributed by atoms with van der Waals surface area (Å²) in [5.74, 6) is 1.39. The van der Waals surface area contributed by atoms with Crippen LogP contribution in [0.15, 0.2) is 47.4 Å². The summed E-state index contributed by atoms with van der Waals surface area (Å²) in [5, 5.41) is 7.11. The lowest BCUT2D eigenvalue weighted by molar-refractivity contribution is 0.181. The van der Waals surface area contributed by atoms with Crippen LogP contribution in [0, 0.1) is 0 Å². The van der Waals surface area contributed by atoms with E-state index in [2.05, 4.69) is 27.8 Å². The second-order valence-corrected chi connectivity index (χ2v) is 9.28. The number of amides is 1. The largest absolute Gasteiger partial charge is 0.447 e. The average molecular weight is 485 g/mol. The molecule has 0 unspecified atom stereocenters. The van der Waals surface area contributed by atoms with Gasteiger partial charge in [0, 0.05) is 18.4 Å². The minimum Gasteiger partial charge on any atom is -0.447 e. The number of aromatic nitrogens is 5. The minimum absolute atomic E-state index is 0.0829. The van der Waals surface area contributed by atoms with Gasteiger partial charge in [-0.1, -0.05) is 12.1 Å². The van der Waals surface area contributed by atoms with E-state index in [1.165, 1.54) is 16.0 Å². The first-order chi connectivity index (χ1) is 17.7. The summed E-state index contributed by atoms with van der Waals surface area (Å²) in [5.41, 5.74) is 3.83. The predicted octanol–water partition coefficient (Wildman–Crippen LogP) is 2.66. The maximum absolute atomic E-state index is 13.4. The first kappa shape index (κ1) is 21.1. The number of benzene rings is 1. The van der Waals surface area contributed by atoms with E-state index in [0.29, 0.717) is 41.8 Å². The van der Waals surface area contributed by atoms with Gasteiger partial charge in [0.05, 0.1) is 12.6 Å². The molecule has 11 heteroatoms. The Morgan fingerprint density at radius 2 is 1.94 bits per heavy atom. The first-order valence-corrected chi connectivity index (χ1v) is 12.2. The number of ether oxygens (including phenoxy) is 1. The SMILES string of the molecule is O=C1OCCN1c1cccc(-n2c3nc(Nc4ccc5c(c4)CCNC5)ncc3c(=O)n2C2CC2)n1. The van der Waals surface area contributed by atoms with Crippen LogP contribution < -0.4 is 21.1 Å². The molecule has 0 bridgehead atoms. The second kappa shape index (κ2) is 8.16. The fraction of sp³-hybridized carbons (Fsp3) is 0.320. The molecule has 1 saturated heterocycles. The smallest absolute Gasteiger partial charge is 0.415 e. The summed E-state index contributed by atoms with van der Waals surface area (Å²) in [7, 11) is 0. The van der Waals surface area contributed by atoms with Crippen LogP contribution >= 0.6 is 0 Å². The van der Waals surface area contributed by atoms with Crippen molar-refractivity contribution >= 4 is 34.6 Å². The van der Waals surface area contributed by atoms with Crippen molar-refractivity contribution in [1.82, 2.24) is 29.6 Å². The van der Waals surface area contributed by atoms with Gasteiger partial charge in [0.1, 0.15) is 17.8 Å². The lowest BCUT2D eigenvalue weighted by atomic mass is 10.0. The molecule has 36 heavy (non-hydrogen) atoms. The highest BCUT2D eigenvalue weighted by Gasteiger charge is 2.32. The summed E-state index contributed by atoms with van der Waals surface area (Å²) >= 11 is 0. The number of carbonyl (C=O) groups is 1. The molecule has 2 aliphatic heterocycles. The highest BCUT2D eigenvalue weighted by atomic mass is 16.6. The predicted molar refractivity (Wildman–Crippen MR) is 133 cm³/mol. The van der Waals surface area contributed by atoms with Crippen molar-refractivity contribution in [2.75, 3.05) is 29.9 Å². The van der Waals surface area contributed by atoms with E-state index in [4.69, 9.17) is 14.7 Å². The fourth-order valence-corrected chi connectivity index (χ4v) is 4.89. The van der Waals surface area contributed by atoms with Crippen molar-refractivity contribution < 1.29 is 9.53 Å². The van der Waals surface area contributed by atoms with Crippen LogP contribution in [0.5, 0.6) is 0 Å². The maximum atomic E-state index is 13.4. The zero-order valence-corrected chi connectivity index (χ0v) is 19.5. The Balaban J connectivity index is 1.32. The molecule has 5 heterocycles. The van der Waals surface area contributed by atoms with Gasteiger partial charge in [-0.25, -0.2) is 24.1 Å². The number of carbonyl (C=O) groups excluding carboxylic acids is 1. The molecule has 2 fully saturated rings. The Hall–Kier alpha value is -4.25. The van der Waals surface area contributed by atoms with Crippen LogP contribution in [0.1, 0.15) is 30.0 Å². The molecular weight excluding hydrogens is 460 g/mol. The maximum Gasteiger partial charge on any atom is 0.415 e. The van der Waals surface area contributed by atoms with Crippen molar-refractivity contribution in [2.45, 2.75) is 31.8 Å². The van der Waals surface area contributed by atoms with Gasteiger partial charge in [0.2, 0.25) is 5.95 Å². The Morgan fingerprint density at radius 1 is 1.06 bits per heavy atom. The Morgan fingerprint density at radius 3 is 2.78 bits per heavy atom. The third-order valence-electron chi connectivity index (χ3n) is 6.84. The number of pyridine rings is 1. The molecule has 11 nitrogen and oxygen atoms in total. The summed E-state index contributed by atoms with van der Waals surface area (Å²) in [6.45, 7) is 2.59. The highest BCUT2D eigenvalue weighted by Crippen LogP contribution is 2.35. The molecule has 182 valence electrons. The molecule has 1 aromatic carbocycles. The number of hydrogen-bond donors (Lipinski definition) is 2. The van der Waals surface area contributed by atoms with Crippen molar-refractivity contribution in [3.8, 4) is 5.82 Å². The van der Waals surface area contributed by atoms with Crippen LogP contribution in [0.2, 0.25) is 0 Å². The van der Waals surface area contributed by atoms with E-state index >= 15 is 0 Å². The van der Waals surface area contributed by atoms with E-state index < -0.39 is 6.09 Å². The fourth-order valence-electron chi connectivity index (χ4n) is 4.89. The van der Waals surface area contributed by atoms with E-state index in [-0.39, 0.29) is 11.6 Å². The van der Waals surface area contributed by atoms with Crippen LogP contribution in [0.4, 0.5) is 22.2 Å². The number of rotatable bonds is 5. The summed E-state index contributed by atoms with van der Waals surface area (Å²) in [4.78, 5) is 40.9. The molecule has 3 aliphatic rings. The van der Waals surface area contributed by atoms with Crippen LogP contribution in [-0.2, 0) is 17.7 Å². The minimum atomic E-state index is -0.425. The first-order valence-electron chi connectivity index (χ1n) is 12.2. The number of nitrogens with zero attached hydrogens (tertiary/aromatic N) is 6. The lowest BCUT2D eigenvalue weighted by Crippen LogP contribution is -2.26. The third-order valence-corrected chi connectivity index (χ3v) is 6.84. The van der Waals surface area contributed by atoms with E-state index in [9.17, 15) is 9.59 Å². The molecule has 1 aliphatic carbocycles. The zero-order chi connectivity index (χ0) is 24.2. The van der Waals surface area contributed by atoms with Crippen LogP contribution in [-0.4, -0.2) is 50.1 Å². The number of nitrogens with one attached hydrogen (secondary N) is 2. The summed E-state index contributed by atoms with van der Waals surface area (Å²) < 4.78 is 8.54. The van der Waals surface area contributed by atoms with E-state index in [1.54, 1.807) is 21.6 Å². The van der Waals surface area contributed by atoms with Crippen molar-refractivity contribution in [2.24, 2.45) is 0 Å². The molecule has 2 N–H and O–H groups in total. The number of cyclic esters (lactones) is 1. The quantitative estimate of drug-likeness (QED) is 0.444. The van der Waals surface area contributed by atoms with E-state index in [1.807, 2.05) is 18.2 Å². The van der Waals surface area contributed by atoms with Gasteiger partial charge < -0.3 is 15.4 Å². The molecule has 3 aromatic heterocycles. The number of hydrogen-bond acceptors (Lipinski definition) is 8. The van der Waals surface area contributed by atoms with Crippen LogP contribution in [0.25, 0.3) is 16.9 Å². The molecule has 0 radical (unpaired) electrons. The van der Waals surface area contributed by atoms with Gasteiger partial charge in [-0.2, -0.15) is 4.98 Å². The molecule has 4 aromatic rings. The van der Waals surface area contributed by atoms with Gasteiger partial charge in [0.25, 0.3) is 5.56 Å². The summed E-state index contributed by atoms with van der Waals surface area (Å²) in [6.07, 6.45) is 3.95. The highest BCUT2D eigenvalue weighted by molar-refractivity contribution is 5.88. The standard InChI is InChI=1S/C25H24N8O3/c34-23-19-14-27-24(28-17-5-4-16-13-26-9-8-15(16)12-17)30-22(19)33(32(23)18-6-7-18)21-3-1-2-20(29-21)31-10-11-36-25(31)35/h1-5,12,14,18,26H,6-11,13H2,(H,27,28,30). The normalized spacial score (nSPS) is 17.3. The molecule has 1 amide bonds. The Labute approximate surface area is 205 Å². The third kappa shape index (κ3) is 3.51. The molecule has 0 spiro atoms. The lowest BCUT2D eigenvalue weighted by Gasteiger charge is -2.18. The Kier molecular flexibility index (Phi) is 4.78. The van der Waals surface area contributed by atoms with Crippen molar-refractivity contribution in [3.05, 3.63) is 64.1 Å². The molecule has 1 saturated carbocycles.